The van der Waals surface area contributed by atoms with Crippen LogP contribution in [0.4, 0.5) is 5.69 Å². The normalized spacial score (nSPS) is 13.6. The van der Waals surface area contributed by atoms with Crippen molar-refractivity contribution in [3.05, 3.63) is 106 Å². The third-order valence-electron chi connectivity index (χ3n) is 5.79. The smallest absolute Gasteiger partial charge is 0.0784 e. The number of fused-ring (bicyclic) bond motifs is 2. The zero-order valence-electron chi connectivity index (χ0n) is 17.7. The van der Waals surface area contributed by atoms with Gasteiger partial charge in [0.05, 0.1) is 17.1 Å². The average Bonchev–Trinajstić information content (AvgIpc) is 2.77. The minimum Gasteiger partial charge on any atom is -0.291 e. The first-order valence-electron chi connectivity index (χ1n) is 10.7. The van der Waals surface area contributed by atoms with E-state index in [-0.39, 0.29) is 0 Å². The molecule has 0 atom stereocenters. The van der Waals surface area contributed by atoms with Crippen LogP contribution in [-0.2, 0) is 19.3 Å². The third kappa shape index (κ3) is 3.94. The van der Waals surface area contributed by atoms with Crippen LogP contribution in [0.1, 0.15) is 53.6 Å². The third-order valence-corrected chi connectivity index (χ3v) is 5.79. The molecule has 0 radical (unpaired) electrons. The highest BCUT2D eigenvalue weighted by Gasteiger charge is 2.19. The molecule has 3 aromatic carbocycles. The van der Waals surface area contributed by atoms with E-state index >= 15 is 0 Å². The Hall–Kier alpha value is -3.17. The van der Waals surface area contributed by atoms with Crippen molar-refractivity contribution in [2.75, 3.05) is 0 Å². The van der Waals surface area contributed by atoms with E-state index in [4.69, 9.17) is 4.99 Å². The van der Waals surface area contributed by atoms with Crippen LogP contribution in [0.25, 0.3) is 5.70 Å². The summed E-state index contributed by atoms with van der Waals surface area (Å²) in [5.41, 5.74) is 12.4. The number of nitrogens with one attached hydrogen (secondary N) is 1. The van der Waals surface area contributed by atoms with Crippen molar-refractivity contribution in [1.29, 1.82) is 0 Å². The monoisotopic (exact) mass is 396 g/mol. The van der Waals surface area contributed by atoms with Gasteiger partial charge in [-0.2, -0.15) is 0 Å². The molecule has 0 spiro atoms. The Morgan fingerprint density at radius 1 is 1.00 bits per heavy atom. The van der Waals surface area contributed by atoms with Gasteiger partial charge in [0, 0.05) is 11.1 Å². The average molecular weight is 397 g/mol. The molecular formula is C27H28N2O. The molecule has 1 aliphatic heterocycles. The fourth-order valence-electron chi connectivity index (χ4n) is 4.25. The van der Waals surface area contributed by atoms with Crippen LogP contribution in [0, 0.1) is 0 Å². The summed E-state index contributed by atoms with van der Waals surface area (Å²) in [7, 11) is 0. The molecule has 152 valence electrons. The van der Waals surface area contributed by atoms with Gasteiger partial charge in [0.2, 0.25) is 0 Å². The van der Waals surface area contributed by atoms with Gasteiger partial charge in [0.25, 0.3) is 0 Å². The molecular weight excluding hydrogens is 368 g/mol. The highest BCUT2D eigenvalue weighted by atomic mass is 16.5. The summed E-state index contributed by atoms with van der Waals surface area (Å²) in [6.07, 6.45) is 6.10. The van der Waals surface area contributed by atoms with E-state index in [2.05, 4.69) is 67.0 Å². The number of hydrogen-bond donors (Lipinski definition) is 2. The molecule has 3 nitrogen and oxygen atoms in total. The lowest BCUT2D eigenvalue weighted by Gasteiger charge is -2.20. The van der Waals surface area contributed by atoms with E-state index in [0.29, 0.717) is 5.70 Å². The molecule has 0 bridgehead atoms. The second kappa shape index (κ2) is 9.10. The number of nitrogens with zero attached hydrogens (tertiary/aromatic N) is 1. The maximum Gasteiger partial charge on any atom is 0.0784 e. The number of aliphatic imine (C=N–C) groups is 1. The van der Waals surface area contributed by atoms with Crippen molar-refractivity contribution in [3.8, 4) is 0 Å². The van der Waals surface area contributed by atoms with E-state index in [1.165, 1.54) is 22.3 Å². The molecule has 1 aliphatic rings. The maximum absolute atomic E-state index is 9.34. The Bertz CT molecular complexity index is 1090. The minimum atomic E-state index is 0.692. The molecule has 3 aromatic rings. The fraction of sp³-hybridized carbons (Fsp3) is 0.222. The summed E-state index contributed by atoms with van der Waals surface area (Å²) in [4.78, 5) is 5.16. The second-order valence-electron chi connectivity index (χ2n) is 7.67. The summed E-state index contributed by atoms with van der Waals surface area (Å²) in [5, 5.41) is 9.34. The standard InChI is InChI=1S/C27H28N2O/c1-3-8-19-10-7-11-24-23(19)18-17-20-9-5-6-12-26(20)28-27(24)22-15-13-21(14-16-22)25(4-2)29-30/h4-7,9-16,29-30H,3,8,17-18H2,1-2H3. The van der Waals surface area contributed by atoms with Gasteiger partial charge in [0.1, 0.15) is 0 Å². The summed E-state index contributed by atoms with van der Waals surface area (Å²) >= 11 is 0. The molecule has 2 N–H and O–H groups in total. The first-order valence-corrected chi connectivity index (χ1v) is 10.7. The summed E-state index contributed by atoms with van der Waals surface area (Å²) in [6, 6.07) is 23.3. The van der Waals surface area contributed by atoms with Gasteiger partial charge in [-0.3, -0.25) is 10.7 Å². The minimum absolute atomic E-state index is 0.692. The van der Waals surface area contributed by atoms with Crippen molar-refractivity contribution >= 4 is 17.1 Å². The molecule has 3 heteroatoms. The van der Waals surface area contributed by atoms with Crippen LogP contribution in [0.5, 0.6) is 0 Å². The molecule has 0 saturated heterocycles. The lowest BCUT2D eigenvalue weighted by atomic mass is 9.87. The van der Waals surface area contributed by atoms with Crippen LogP contribution in [0.3, 0.4) is 0 Å². The highest BCUT2D eigenvalue weighted by molar-refractivity contribution is 6.15. The molecule has 0 aromatic heterocycles. The van der Waals surface area contributed by atoms with Crippen LogP contribution in [0.2, 0.25) is 0 Å². The van der Waals surface area contributed by atoms with Crippen LogP contribution < -0.4 is 5.48 Å². The summed E-state index contributed by atoms with van der Waals surface area (Å²) < 4.78 is 0. The molecule has 0 amide bonds. The van der Waals surface area contributed by atoms with Gasteiger partial charge in [-0.05, 0) is 54.5 Å². The molecule has 0 unspecified atom stereocenters. The van der Waals surface area contributed by atoms with Crippen LogP contribution >= 0.6 is 0 Å². The largest absolute Gasteiger partial charge is 0.291 e. The van der Waals surface area contributed by atoms with Crippen molar-refractivity contribution in [2.24, 2.45) is 4.99 Å². The molecule has 0 saturated carbocycles. The number of benzene rings is 3. The Labute approximate surface area is 178 Å². The van der Waals surface area contributed by atoms with E-state index in [1.807, 2.05) is 25.1 Å². The second-order valence-corrected chi connectivity index (χ2v) is 7.67. The Morgan fingerprint density at radius 2 is 1.80 bits per heavy atom. The molecule has 4 rings (SSSR count). The quantitative estimate of drug-likeness (QED) is 0.501. The Balaban J connectivity index is 1.89. The topological polar surface area (TPSA) is 44.6 Å². The SMILES string of the molecule is CC=C(NO)c1ccc(C2=Nc3ccccc3CCc3c(CCC)cccc32)cc1. The molecule has 1 heterocycles. The number of aryl methyl sites for hydroxylation is 2. The van der Waals surface area contributed by atoms with Gasteiger partial charge in [0.15, 0.2) is 0 Å². The molecule has 30 heavy (non-hydrogen) atoms. The van der Waals surface area contributed by atoms with Gasteiger partial charge < -0.3 is 0 Å². The van der Waals surface area contributed by atoms with Gasteiger partial charge in [-0.25, -0.2) is 4.99 Å². The van der Waals surface area contributed by atoms with E-state index in [1.54, 1.807) is 0 Å². The lowest BCUT2D eigenvalue weighted by Crippen LogP contribution is -2.13. The predicted molar refractivity (Wildman–Crippen MR) is 125 cm³/mol. The van der Waals surface area contributed by atoms with Crippen molar-refractivity contribution < 1.29 is 5.21 Å². The van der Waals surface area contributed by atoms with Crippen LogP contribution in [-0.4, -0.2) is 10.9 Å². The van der Waals surface area contributed by atoms with E-state index in [0.717, 1.165) is 48.2 Å². The first-order chi connectivity index (χ1) is 14.7. The van der Waals surface area contributed by atoms with Crippen molar-refractivity contribution in [1.82, 2.24) is 5.48 Å². The number of hydroxylamine groups is 1. The molecule has 0 aliphatic carbocycles. The van der Waals surface area contributed by atoms with Crippen molar-refractivity contribution in [3.63, 3.8) is 0 Å². The number of hydrogen-bond acceptors (Lipinski definition) is 3. The summed E-state index contributed by atoms with van der Waals surface area (Å²) in [6.45, 7) is 4.13. The van der Waals surface area contributed by atoms with Crippen molar-refractivity contribution in [2.45, 2.75) is 39.5 Å². The van der Waals surface area contributed by atoms with Gasteiger partial charge >= 0.3 is 0 Å². The van der Waals surface area contributed by atoms with E-state index < -0.39 is 0 Å². The Kier molecular flexibility index (Phi) is 6.10. The summed E-state index contributed by atoms with van der Waals surface area (Å²) in [5.74, 6) is 0. The highest BCUT2D eigenvalue weighted by Crippen LogP contribution is 2.30. The van der Waals surface area contributed by atoms with E-state index in [9.17, 15) is 5.21 Å². The zero-order valence-corrected chi connectivity index (χ0v) is 17.7. The number of allylic oxidation sites excluding steroid dienone is 1. The number of rotatable bonds is 5. The molecule has 0 fully saturated rings. The maximum atomic E-state index is 9.34. The van der Waals surface area contributed by atoms with Crippen LogP contribution in [0.15, 0.2) is 77.8 Å². The fourth-order valence-corrected chi connectivity index (χ4v) is 4.25. The first kappa shape index (κ1) is 20.1. The van der Waals surface area contributed by atoms with Gasteiger partial charge in [-0.15, -0.1) is 0 Å². The Morgan fingerprint density at radius 3 is 2.53 bits per heavy atom. The zero-order chi connectivity index (χ0) is 20.9. The predicted octanol–water partition coefficient (Wildman–Crippen LogP) is 6.25. The van der Waals surface area contributed by atoms with Gasteiger partial charge in [-0.1, -0.05) is 80.1 Å². The number of para-hydroxylation sites is 1. The lowest BCUT2D eigenvalue weighted by molar-refractivity contribution is 0.224.